The van der Waals surface area contributed by atoms with Crippen molar-refractivity contribution in [3.63, 3.8) is 0 Å². The van der Waals surface area contributed by atoms with E-state index in [1.807, 2.05) is 0 Å². The van der Waals surface area contributed by atoms with Crippen LogP contribution in [0.2, 0.25) is 0 Å². The first kappa shape index (κ1) is 9.51. The zero-order valence-electron chi connectivity index (χ0n) is 7.40. The van der Waals surface area contributed by atoms with E-state index in [0.29, 0.717) is 6.61 Å². The molecular weight excluding hydrogens is 170 g/mol. The molecular formula is C9H11NO3. The SMILES string of the molecule is CCOC(=O)CC=Cc1cnoc1. The van der Waals surface area contributed by atoms with Gasteiger partial charge in [-0.25, -0.2) is 0 Å². The highest BCUT2D eigenvalue weighted by molar-refractivity contribution is 5.72. The summed E-state index contributed by atoms with van der Waals surface area (Å²) in [6.45, 7) is 2.20. The van der Waals surface area contributed by atoms with Crippen molar-refractivity contribution in [3.05, 3.63) is 24.1 Å². The van der Waals surface area contributed by atoms with Gasteiger partial charge in [0, 0.05) is 5.56 Å². The Kier molecular flexibility index (Phi) is 3.75. The lowest BCUT2D eigenvalue weighted by atomic mass is 10.3. The molecule has 0 amide bonds. The van der Waals surface area contributed by atoms with Crippen molar-refractivity contribution in [2.75, 3.05) is 6.61 Å². The minimum absolute atomic E-state index is 0.227. The molecule has 1 heterocycles. The molecule has 0 saturated carbocycles. The molecule has 13 heavy (non-hydrogen) atoms. The van der Waals surface area contributed by atoms with Crippen molar-refractivity contribution < 1.29 is 14.1 Å². The van der Waals surface area contributed by atoms with E-state index in [4.69, 9.17) is 4.74 Å². The van der Waals surface area contributed by atoms with E-state index < -0.39 is 0 Å². The van der Waals surface area contributed by atoms with Crippen LogP contribution in [-0.4, -0.2) is 17.7 Å². The van der Waals surface area contributed by atoms with Crippen LogP contribution in [0.1, 0.15) is 18.9 Å². The molecule has 1 aromatic rings. The number of nitrogens with zero attached hydrogens (tertiary/aromatic N) is 1. The van der Waals surface area contributed by atoms with Crippen LogP contribution in [0.25, 0.3) is 6.08 Å². The summed E-state index contributed by atoms with van der Waals surface area (Å²) in [7, 11) is 0. The fourth-order valence-corrected chi connectivity index (χ4v) is 0.806. The summed E-state index contributed by atoms with van der Waals surface area (Å²) < 4.78 is 9.33. The van der Waals surface area contributed by atoms with E-state index in [1.165, 1.54) is 6.26 Å². The highest BCUT2D eigenvalue weighted by atomic mass is 16.5. The van der Waals surface area contributed by atoms with Crippen molar-refractivity contribution in [2.45, 2.75) is 13.3 Å². The Morgan fingerprint density at radius 2 is 2.62 bits per heavy atom. The van der Waals surface area contributed by atoms with Gasteiger partial charge in [-0.3, -0.25) is 4.79 Å². The second-order valence-corrected chi connectivity index (χ2v) is 2.37. The fourth-order valence-electron chi connectivity index (χ4n) is 0.806. The number of hydrogen-bond donors (Lipinski definition) is 0. The number of carbonyl (C=O) groups excluding carboxylic acids is 1. The minimum atomic E-state index is -0.227. The highest BCUT2D eigenvalue weighted by Crippen LogP contribution is 2.00. The van der Waals surface area contributed by atoms with E-state index in [9.17, 15) is 4.79 Å². The molecule has 0 fully saturated rings. The number of aromatic nitrogens is 1. The summed E-state index contributed by atoms with van der Waals surface area (Å²) in [5, 5.41) is 3.51. The van der Waals surface area contributed by atoms with Gasteiger partial charge < -0.3 is 9.26 Å². The van der Waals surface area contributed by atoms with Crippen molar-refractivity contribution in [2.24, 2.45) is 0 Å². The number of esters is 1. The Balaban J connectivity index is 2.30. The van der Waals surface area contributed by atoms with Crippen molar-refractivity contribution in [1.82, 2.24) is 5.16 Å². The molecule has 0 aromatic carbocycles. The van der Waals surface area contributed by atoms with Gasteiger partial charge in [0.05, 0.1) is 19.2 Å². The average molecular weight is 181 g/mol. The Morgan fingerprint density at radius 1 is 1.77 bits per heavy atom. The molecule has 0 unspecified atom stereocenters. The zero-order valence-corrected chi connectivity index (χ0v) is 7.40. The van der Waals surface area contributed by atoms with Crippen molar-refractivity contribution >= 4 is 12.0 Å². The summed E-state index contributed by atoms with van der Waals surface area (Å²) >= 11 is 0. The van der Waals surface area contributed by atoms with Gasteiger partial charge in [0.25, 0.3) is 0 Å². The van der Waals surface area contributed by atoms with Crippen LogP contribution in [0.3, 0.4) is 0 Å². The zero-order chi connectivity index (χ0) is 9.52. The van der Waals surface area contributed by atoms with E-state index in [1.54, 1.807) is 25.3 Å². The maximum Gasteiger partial charge on any atom is 0.309 e. The molecule has 0 aliphatic rings. The Morgan fingerprint density at radius 3 is 3.23 bits per heavy atom. The lowest BCUT2D eigenvalue weighted by Gasteiger charge is -1.95. The first-order chi connectivity index (χ1) is 6.33. The fraction of sp³-hybridized carbons (Fsp3) is 0.333. The summed E-state index contributed by atoms with van der Waals surface area (Å²) in [6.07, 6.45) is 6.82. The first-order valence-electron chi connectivity index (χ1n) is 4.04. The summed E-state index contributed by atoms with van der Waals surface area (Å²) in [4.78, 5) is 10.9. The van der Waals surface area contributed by atoms with Gasteiger partial charge in [0.2, 0.25) is 0 Å². The van der Waals surface area contributed by atoms with E-state index in [0.717, 1.165) is 5.56 Å². The topological polar surface area (TPSA) is 52.3 Å². The maximum atomic E-state index is 10.9. The lowest BCUT2D eigenvalue weighted by Crippen LogP contribution is -2.01. The maximum absolute atomic E-state index is 10.9. The molecule has 1 rings (SSSR count). The van der Waals surface area contributed by atoms with Gasteiger partial charge in [-0.15, -0.1) is 0 Å². The predicted molar refractivity (Wildman–Crippen MR) is 46.8 cm³/mol. The van der Waals surface area contributed by atoms with Gasteiger partial charge in [-0.2, -0.15) is 0 Å². The van der Waals surface area contributed by atoms with Gasteiger partial charge in [0.15, 0.2) is 0 Å². The molecule has 0 atom stereocenters. The van der Waals surface area contributed by atoms with Crippen LogP contribution >= 0.6 is 0 Å². The Hall–Kier alpha value is -1.58. The molecule has 1 aromatic heterocycles. The second-order valence-electron chi connectivity index (χ2n) is 2.37. The van der Waals surface area contributed by atoms with Crippen molar-refractivity contribution in [3.8, 4) is 0 Å². The monoisotopic (exact) mass is 181 g/mol. The quantitative estimate of drug-likeness (QED) is 0.662. The highest BCUT2D eigenvalue weighted by Gasteiger charge is 1.96. The molecule has 0 aliphatic carbocycles. The molecule has 4 heteroatoms. The van der Waals surface area contributed by atoms with E-state index in [-0.39, 0.29) is 12.4 Å². The normalized spacial score (nSPS) is 10.5. The molecule has 0 N–H and O–H groups in total. The summed E-state index contributed by atoms with van der Waals surface area (Å²) in [5.74, 6) is -0.227. The summed E-state index contributed by atoms with van der Waals surface area (Å²) in [6, 6.07) is 0. The number of rotatable bonds is 4. The lowest BCUT2D eigenvalue weighted by molar-refractivity contribution is -0.142. The molecule has 0 bridgehead atoms. The van der Waals surface area contributed by atoms with Gasteiger partial charge in [-0.1, -0.05) is 17.3 Å². The Labute approximate surface area is 76.2 Å². The van der Waals surface area contributed by atoms with Crippen LogP contribution in [0.15, 0.2) is 23.1 Å². The molecule has 4 nitrogen and oxygen atoms in total. The predicted octanol–water partition coefficient (Wildman–Crippen LogP) is 1.64. The van der Waals surface area contributed by atoms with Gasteiger partial charge in [0.1, 0.15) is 6.26 Å². The minimum Gasteiger partial charge on any atom is -0.466 e. The molecule has 70 valence electrons. The second kappa shape index (κ2) is 5.13. The first-order valence-corrected chi connectivity index (χ1v) is 4.04. The van der Waals surface area contributed by atoms with E-state index in [2.05, 4.69) is 9.68 Å². The van der Waals surface area contributed by atoms with Crippen molar-refractivity contribution in [1.29, 1.82) is 0 Å². The Bertz CT molecular complexity index is 277. The van der Waals surface area contributed by atoms with Crippen LogP contribution in [0, 0.1) is 0 Å². The number of ether oxygens (including phenoxy) is 1. The van der Waals surface area contributed by atoms with Gasteiger partial charge >= 0.3 is 5.97 Å². The third kappa shape index (κ3) is 3.55. The molecule has 0 spiro atoms. The third-order valence-electron chi connectivity index (χ3n) is 1.35. The molecule has 0 aliphatic heterocycles. The van der Waals surface area contributed by atoms with Gasteiger partial charge in [-0.05, 0) is 6.92 Å². The third-order valence-corrected chi connectivity index (χ3v) is 1.35. The molecule has 0 radical (unpaired) electrons. The smallest absolute Gasteiger partial charge is 0.309 e. The van der Waals surface area contributed by atoms with Crippen LogP contribution in [0.5, 0.6) is 0 Å². The largest absolute Gasteiger partial charge is 0.466 e. The standard InChI is InChI=1S/C9H11NO3/c1-2-12-9(11)5-3-4-8-6-10-13-7-8/h3-4,6-7H,2,5H2,1H3. The van der Waals surface area contributed by atoms with Crippen LogP contribution < -0.4 is 0 Å². The number of carbonyl (C=O) groups is 1. The number of hydrogen-bond acceptors (Lipinski definition) is 4. The van der Waals surface area contributed by atoms with Crippen LogP contribution in [-0.2, 0) is 9.53 Å². The van der Waals surface area contributed by atoms with E-state index >= 15 is 0 Å². The summed E-state index contributed by atoms with van der Waals surface area (Å²) in [5.41, 5.74) is 0.837. The average Bonchev–Trinajstić information content (AvgIpc) is 2.57. The molecule has 0 saturated heterocycles. The van der Waals surface area contributed by atoms with Crippen LogP contribution in [0.4, 0.5) is 0 Å².